The van der Waals surface area contributed by atoms with Crippen molar-refractivity contribution >= 4 is 32.9 Å². The van der Waals surface area contributed by atoms with Gasteiger partial charge in [0.2, 0.25) is 0 Å². The summed E-state index contributed by atoms with van der Waals surface area (Å²) < 4.78 is 1.12. The number of nitrogens with zero attached hydrogens (tertiary/aromatic N) is 2. The van der Waals surface area contributed by atoms with E-state index in [2.05, 4.69) is 56.3 Å². The van der Waals surface area contributed by atoms with E-state index in [1.54, 1.807) is 0 Å². The van der Waals surface area contributed by atoms with Gasteiger partial charge < -0.3 is 15.2 Å². The number of urea groups is 1. The number of benzene rings is 1. The van der Waals surface area contributed by atoms with Crippen LogP contribution in [0.15, 0.2) is 22.8 Å². The van der Waals surface area contributed by atoms with Crippen LogP contribution in [0.5, 0.6) is 0 Å². The number of hydrogen-bond donors (Lipinski definition) is 2. The molecule has 6 heteroatoms. The van der Waals surface area contributed by atoms with Crippen LogP contribution in [0.25, 0.3) is 10.9 Å². The van der Waals surface area contributed by atoms with Crippen LogP contribution in [-0.2, 0) is 6.42 Å². The Morgan fingerprint density at radius 3 is 2.81 bits per heavy atom. The smallest absolute Gasteiger partial charge is 0.317 e. The van der Waals surface area contributed by atoms with Crippen LogP contribution in [0.1, 0.15) is 44.2 Å². The number of likely N-dealkylation sites (N-methyl/N-ethyl adjacent to an activating group) is 1. The number of halogens is 1. The molecule has 0 bridgehead atoms. The summed E-state index contributed by atoms with van der Waals surface area (Å²) in [5, 5.41) is 4.69. The van der Waals surface area contributed by atoms with E-state index in [1.165, 1.54) is 22.0 Å². The van der Waals surface area contributed by atoms with E-state index in [1.807, 2.05) is 18.7 Å². The number of carbonyl (C=O) groups is 1. The van der Waals surface area contributed by atoms with Crippen molar-refractivity contribution in [2.75, 3.05) is 26.2 Å². The van der Waals surface area contributed by atoms with Gasteiger partial charge in [0.15, 0.2) is 0 Å². The molecule has 0 unspecified atom stereocenters. The zero-order valence-corrected chi connectivity index (χ0v) is 18.0. The highest BCUT2D eigenvalue weighted by Gasteiger charge is 2.41. The maximum Gasteiger partial charge on any atom is 0.317 e. The lowest BCUT2D eigenvalue weighted by atomic mass is 9.74. The van der Waals surface area contributed by atoms with Gasteiger partial charge in [-0.15, -0.1) is 0 Å². The van der Waals surface area contributed by atoms with Gasteiger partial charge in [0.05, 0.1) is 4.60 Å². The van der Waals surface area contributed by atoms with E-state index in [0.29, 0.717) is 12.0 Å². The minimum absolute atomic E-state index is 0.0681. The molecule has 1 aromatic carbocycles. The summed E-state index contributed by atoms with van der Waals surface area (Å²) in [6.07, 6.45) is 2.07. The molecule has 27 heavy (non-hydrogen) atoms. The number of aromatic amines is 1. The predicted molar refractivity (Wildman–Crippen MR) is 113 cm³/mol. The molecular weight excluding hydrogens is 404 g/mol. The summed E-state index contributed by atoms with van der Waals surface area (Å²) >= 11 is 3.74. The lowest BCUT2D eigenvalue weighted by molar-refractivity contribution is 0.103. The number of nitrogens with one attached hydrogen (secondary N) is 2. The summed E-state index contributed by atoms with van der Waals surface area (Å²) in [7, 11) is 0. The van der Waals surface area contributed by atoms with Crippen molar-refractivity contribution in [1.29, 1.82) is 0 Å². The van der Waals surface area contributed by atoms with Gasteiger partial charge in [-0.25, -0.2) is 4.79 Å². The van der Waals surface area contributed by atoms with Gasteiger partial charge >= 0.3 is 6.03 Å². The fourth-order valence-corrected chi connectivity index (χ4v) is 5.66. The topological polar surface area (TPSA) is 51.4 Å². The van der Waals surface area contributed by atoms with Gasteiger partial charge in [-0.3, -0.25) is 4.90 Å². The third-order valence-corrected chi connectivity index (χ3v) is 7.11. The van der Waals surface area contributed by atoms with Crippen molar-refractivity contribution in [3.63, 3.8) is 0 Å². The standard InChI is InChI=1S/C21H29BrN4O/c1-4-25(5-2)21(27)23-13-10-15-14-8-7-9-17-19(14)16(20(22)24-17)11-18(15)26(6-3)12-13/h7-9,13,15,18,24H,4-6,10-12H2,1-3H3,(H,23,27)/t13-,15+,18+/m0/s1. The molecule has 2 heterocycles. The minimum atomic E-state index is 0.0681. The molecule has 2 N–H and O–H groups in total. The van der Waals surface area contributed by atoms with Gasteiger partial charge in [0, 0.05) is 48.5 Å². The second-order valence-corrected chi connectivity index (χ2v) is 8.50. The Labute approximate surface area is 169 Å². The number of H-pyrrole nitrogens is 1. The molecule has 0 spiro atoms. The number of fused-ring (bicyclic) bond motifs is 2. The molecule has 5 nitrogen and oxygen atoms in total. The summed E-state index contributed by atoms with van der Waals surface area (Å²) in [6.45, 7) is 9.73. The summed E-state index contributed by atoms with van der Waals surface area (Å²) in [5.74, 6) is 0.458. The number of likely N-dealkylation sites (tertiary alicyclic amines) is 1. The molecule has 0 saturated carbocycles. The van der Waals surface area contributed by atoms with Gasteiger partial charge in [-0.1, -0.05) is 19.1 Å². The Hall–Kier alpha value is -1.53. The third kappa shape index (κ3) is 3.17. The van der Waals surface area contributed by atoms with Crippen LogP contribution in [-0.4, -0.2) is 59.1 Å². The molecule has 2 amide bonds. The monoisotopic (exact) mass is 432 g/mol. The van der Waals surface area contributed by atoms with Crippen molar-refractivity contribution in [3.8, 4) is 0 Å². The van der Waals surface area contributed by atoms with Crippen molar-refractivity contribution in [1.82, 2.24) is 20.1 Å². The Balaban J connectivity index is 1.65. The number of aromatic nitrogens is 1. The summed E-state index contributed by atoms with van der Waals surface area (Å²) in [6, 6.07) is 7.36. The van der Waals surface area contributed by atoms with Gasteiger partial charge in [0.1, 0.15) is 0 Å². The molecule has 0 radical (unpaired) electrons. The fraction of sp³-hybridized carbons (Fsp3) is 0.571. The SMILES string of the molecule is CCN(CC)C(=O)N[C@H]1C[C@@H]2c3cccc4[nH]c(Br)c(c34)C[C@H]2N(CC)C1. The van der Waals surface area contributed by atoms with Gasteiger partial charge in [-0.05, 0) is 66.4 Å². The number of carbonyl (C=O) groups excluding carboxylic acids is 1. The van der Waals surface area contributed by atoms with Crippen LogP contribution >= 0.6 is 15.9 Å². The summed E-state index contributed by atoms with van der Waals surface area (Å²) in [5.41, 5.74) is 4.05. The van der Waals surface area contributed by atoms with Crippen LogP contribution in [0, 0.1) is 0 Å². The Morgan fingerprint density at radius 2 is 2.11 bits per heavy atom. The van der Waals surface area contributed by atoms with Crippen LogP contribution in [0.4, 0.5) is 4.79 Å². The fourth-order valence-electron chi connectivity index (χ4n) is 5.09. The number of piperidine rings is 1. The van der Waals surface area contributed by atoms with E-state index >= 15 is 0 Å². The van der Waals surface area contributed by atoms with Crippen molar-refractivity contribution in [2.24, 2.45) is 0 Å². The zero-order chi connectivity index (χ0) is 19.1. The lowest BCUT2D eigenvalue weighted by Gasteiger charge is -2.47. The highest BCUT2D eigenvalue weighted by molar-refractivity contribution is 9.10. The molecule has 2 aliphatic rings. The molecule has 1 aliphatic heterocycles. The molecule has 1 saturated heterocycles. The molecule has 1 aromatic heterocycles. The molecule has 4 rings (SSSR count). The second-order valence-electron chi connectivity index (χ2n) is 7.71. The Bertz CT molecular complexity index is 844. The molecule has 2 aromatic rings. The van der Waals surface area contributed by atoms with Crippen LogP contribution in [0.3, 0.4) is 0 Å². The van der Waals surface area contributed by atoms with Crippen molar-refractivity contribution in [2.45, 2.75) is 51.6 Å². The minimum Gasteiger partial charge on any atom is -0.349 e. The first-order chi connectivity index (χ1) is 13.1. The number of amides is 2. The first kappa shape index (κ1) is 18.8. The molecule has 1 fully saturated rings. The quantitative estimate of drug-likeness (QED) is 0.764. The Morgan fingerprint density at radius 1 is 1.33 bits per heavy atom. The van der Waals surface area contributed by atoms with Gasteiger partial charge in [0.25, 0.3) is 0 Å². The molecule has 1 aliphatic carbocycles. The largest absolute Gasteiger partial charge is 0.349 e. The van der Waals surface area contributed by atoms with Crippen molar-refractivity contribution < 1.29 is 4.79 Å². The molecular formula is C21H29BrN4O. The number of rotatable bonds is 4. The Kier molecular flexibility index (Phi) is 5.21. The average Bonchev–Trinajstić information content (AvgIpc) is 2.99. The van der Waals surface area contributed by atoms with Crippen molar-refractivity contribution in [3.05, 3.63) is 33.9 Å². The first-order valence-electron chi connectivity index (χ1n) is 10.2. The number of hydrogen-bond acceptors (Lipinski definition) is 2. The van der Waals surface area contributed by atoms with E-state index in [0.717, 1.165) is 43.6 Å². The predicted octanol–water partition coefficient (Wildman–Crippen LogP) is 4.08. The van der Waals surface area contributed by atoms with E-state index in [4.69, 9.17) is 0 Å². The molecule has 146 valence electrons. The van der Waals surface area contributed by atoms with E-state index in [9.17, 15) is 4.79 Å². The second kappa shape index (κ2) is 7.47. The van der Waals surface area contributed by atoms with Gasteiger partial charge in [-0.2, -0.15) is 0 Å². The zero-order valence-electron chi connectivity index (χ0n) is 16.4. The van der Waals surface area contributed by atoms with E-state index in [-0.39, 0.29) is 12.1 Å². The lowest BCUT2D eigenvalue weighted by Crippen LogP contribution is -2.57. The normalized spacial score (nSPS) is 24.7. The maximum atomic E-state index is 12.6. The highest BCUT2D eigenvalue weighted by atomic mass is 79.9. The van der Waals surface area contributed by atoms with E-state index < -0.39 is 0 Å². The summed E-state index contributed by atoms with van der Waals surface area (Å²) in [4.78, 5) is 20.5. The highest BCUT2D eigenvalue weighted by Crippen LogP contribution is 2.45. The molecule has 3 atom stereocenters. The average molecular weight is 433 g/mol. The first-order valence-corrected chi connectivity index (χ1v) is 10.9. The van der Waals surface area contributed by atoms with Crippen LogP contribution < -0.4 is 5.32 Å². The maximum absolute atomic E-state index is 12.6. The third-order valence-electron chi connectivity index (χ3n) is 6.43. The van der Waals surface area contributed by atoms with Crippen LogP contribution in [0.2, 0.25) is 0 Å².